The summed E-state index contributed by atoms with van der Waals surface area (Å²) in [6, 6.07) is 15.0. The molecule has 1 aliphatic carbocycles. The maximum atomic E-state index is 13.4. The first kappa shape index (κ1) is 24.7. The van der Waals surface area contributed by atoms with Gasteiger partial charge in [-0.15, -0.1) is 0 Å². The number of nitrogens with zero attached hydrogens (tertiary/aromatic N) is 1. The van der Waals surface area contributed by atoms with E-state index in [1.807, 2.05) is 43.3 Å². The van der Waals surface area contributed by atoms with Crippen LogP contribution in [0.25, 0.3) is 11.1 Å². The maximum absolute atomic E-state index is 13.4. The molecule has 1 fully saturated rings. The third-order valence-corrected chi connectivity index (χ3v) is 7.08. The van der Waals surface area contributed by atoms with Crippen LogP contribution in [0.3, 0.4) is 0 Å². The fourth-order valence-electron chi connectivity index (χ4n) is 5.51. The number of carboxylic acid groups (broad SMARTS) is 1. The molecule has 0 radical (unpaired) electrons. The van der Waals surface area contributed by atoms with Crippen LogP contribution in [-0.2, 0) is 19.1 Å². The average molecular weight is 481 g/mol. The number of hydrogen-bond donors (Lipinski definition) is 2. The number of alkyl carbamates (subject to hydrolysis) is 1. The molecule has 2 aromatic carbocycles. The summed E-state index contributed by atoms with van der Waals surface area (Å²) in [5, 5.41) is 12.6. The first-order valence-corrected chi connectivity index (χ1v) is 12.1. The van der Waals surface area contributed by atoms with E-state index in [0.717, 1.165) is 22.3 Å². The molecule has 0 saturated carbocycles. The summed E-state index contributed by atoms with van der Waals surface area (Å²) < 4.78 is 10.8. The van der Waals surface area contributed by atoms with E-state index in [1.165, 1.54) is 12.0 Å². The number of aliphatic carboxylic acids is 1. The molecule has 2 aliphatic rings. The molecule has 2 amide bonds. The van der Waals surface area contributed by atoms with E-state index in [-0.39, 0.29) is 19.1 Å². The number of benzene rings is 2. The van der Waals surface area contributed by atoms with Gasteiger partial charge in [-0.1, -0.05) is 61.9 Å². The van der Waals surface area contributed by atoms with Gasteiger partial charge in [0.1, 0.15) is 18.2 Å². The van der Waals surface area contributed by atoms with E-state index in [4.69, 9.17) is 9.47 Å². The number of carbonyl (C=O) groups excluding carboxylic acids is 2. The van der Waals surface area contributed by atoms with E-state index in [2.05, 4.69) is 17.4 Å². The zero-order valence-electron chi connectivity index (χ0n) is 20.2. The van der Waals surface area contributed by atoms with Crippen molar-refractivity contribution in [2.45, 2.75) is 50.1 Å². The van der Waals surface area contributed by atoms with Crippen molar-refractivity contribution < 1.29 is 29.0 Å². The molecule has 0 bridgehead atoms. The number of carbonyl (C=O) groups is 3. The molecular formula is C27H32N2O6. The Hall–Kier alpha value is -3.39. The predicted molar refractivity (Wildman–Crippen MR) is 130 cm³/mol. The highest BCUT2D eigenvalue weighted by atomic mass is 16.5. The molecule has 8 nitrogen and oxygen atoms in total. The first-order chi connectivity index (χ1) is 16.9. The SMILES string of the molecule is CCCC1(C(=O)O)CCCN1C(=O)C(COC)NC(=O)OCC1c2ccccc2-c2ccccc21. The Balaban J connectivity index is 1.45. The summed E-state index contributed by atoms with van der Waals surface area (Å²) in [6.07, 6.45) is 1.25. The zero-order chi connectivity index (χ0) is 25.0. The smallest absolute Gasteiger partial charge is 0.407 e. The standard InChI is InChI=1S/C27H32N2O6/c1-3-13-27(25(31)32)14-8-15-29(27)24(30)23(17-34-2)28-26(33)35-16-22-20-11-6-4-9-18(20)19-10-5-7-12-21(19)22/h4-7,9-12,22-23H,3,8,13-17H2,1-2H3,(H,28,33)(H,31,32). The van der Waals surface area contributed by atoms with Gasteiger partial charge in [0, 0.05) is 19.6 Å². The Morgan fingerprint density at radius 1 is 1.11 bits per heavy atom. The molecule has 1 heterocycles. The normalized spacial score (nSPS) is 19.7. The van der Waals surface area contributed by atoms with Crippen LogP contribution in [0.1, 0.15) is 49.7 Å². The number of hydrogen-bond acceptors (Lipinski definition) is 5. The molecule has 1 saturated heterocycles. The molecule has 2 atom stereocenters. The van der Waals surface area contributed by atoms with Gasteiger partial charge in [0.2, 0.25) is 5.91 Å². The van der Waals surface area contributed by atoms with E-state index in [9.17, 15) is 19.5 Å². The van der Waals surface area contributed by atoms with Gasteiger partial charge < -0.3 is 24.8 Å². The topological polar surface area (TPSA) is 105 Å². The number of fused-ring (bicyclic) bond motifs is 3. The first-order valence-electron chi connectivity index (χ1n) is 12.1. The van der Waals surface area contributed by atoms with Gasteiger partial charge in [0.25, 0.3) is 0 Å². The summed E-state index contributed by atoms with van der Waals surface area (Å²) in [4.78, 5) is 39.7. The van der Waals surface area contributed by atoms with Crippen LogP contribution in [0.2, 0.25) is 0 Å². The summed E-state index contributed by atoms with van der Waals surface area (Å²) in [7, 11) is 1.43. The number of nitrogens with one attached hydrogen (secondary N) is 1. The lowest BCUT2D eigenvalue weighted by molar-refractivity contribution is -0.158. The molecule has 2 N–H and O–H groups in total. The van der Waals surface area contributed by atoms with Crippen LogP contribution >= 0.6 is 0 Å². The van der Waals surface area contributed by atoms with Crippen LogP contribution in [0, 0.1) is 0 Å². The molecule has 8 heteroatoms. The summed E-state index contributed by atoms with van der Waals surface area (Å²) in [5.41, 5.74) is 3.18. The number of methoxy groups -OCH3 is 1. The number of carboxylic acids is 1. The van der Waals surface area contributed by atoms with Gasteiger partial charge in [-0.2, -0.15) is 0 Å². The minimum absolute atomic E-state index is 0.0820. The summed E-state index contributed by atoms with van der Waals surface area (Å²) in [5.74, 6) is -1.58. The predicted octanol–water partition coefficient (Wildman–Crippen LogP) is 3.79. The van der Waals surface area contributed by atoms with Crippen molar-refractivity contribution in [3.05, 3.63) is 59.7 Å². The van der Waals surface area contributed by atoms with Gasteiger partial charge in [-0.25, -0.2) is 9.59 Å². The van der Waals surface area contributed by atoms with Crippen molar-refractivity contribution in [1.29, 1.82) is 0 Å². The monoisotopic (exact) mass is 480 g/mol. The van der Waals surface area contributed by atoms with Crippen LogP contribution in [-0.4, -0.2) is 66.4 Å². The molecule has 2 unspecified atom stereocenters. The number of ether oxygens (including phenoxy) is 2. The lowest BCUT2D eigenvalue weighted by Gasteiger charge is -2.36. The Kier molecular flexibility index (Phi) is 7.40. The Morgan fingerprint density at radius 3 is 2.31 bits per heavy atom. The molecule has 35 heavy (non-hydrogen) atoms. The van der Waals surface area contributed by atoms with Crippen molar-refractivity contribution in [1.82, 2.24) is 10.2 Å². The molecule has 0 aromatic heterocycles. The van der Waals surface area contributed by atoms with Crippen LogP contribution < -0.4 is 5.32 Å². The molecule has 0 spiro atoms. The highest BCUT2D eigenvalue weighted by molar-refractivity contribution is 5.92. The minimum atomic E-state index is -1.25. The van der Waals surface area contributed by atoms with Gasteiger partial charge in [-0.3, -0.25) is 4.79 Å². The number of amides is 2. The second-order valence-corrected chi connectivity index (χ2v) is 9.16. The van der Waals surface area contributed by atoms with Gasteiger partial charge >= 0.3 is 12.1 Å². The van der Waals surface area contributed by atoms with Crippen molar-refractivity contribution in [2.24, 2.45) is 0 Å². The third kappa shape index (κ3) is 4.62. The average Bonchev–Trinajstić information content (AvgIpc) is 3.42. The van der Waals surface area contributed by atoms with Crippen molar-refractivity contribution in [2.75, 3.05) is 26.9 Å². The van der Waals surface area contributed by atoms with E-state index in [1.54, 1.807) is 0 Å². The number of likely N-dealkylation sites (tertiary alicyclic amines) is 1. The van der Waals surface area contributed by atoms with Gasteiger partial charge in [0.15, 0.2) is 0 Å². The van der Waals surface area contributed by atoms with Crippen LogP contribution in [0.4, 0.5) is 4.79 Å². The highest BCUT2D eigenvalue weighted by Gasteiger charge is 2.50. The molecule has 2 aromatic rings. The van der Waals surface area contributed by atoms with Crippen LogP contribution in [0.15, 0.2) is 48.5 Å². The Morgan fingerprint density at radius 2 is 1.74 bits per heavy atom. The van der Waals surface area contributed by atoms with Crippen LogP contribution in [0.5, 0.6) is 0 Å². The molecule has 186 valence electrons. The van der Waals surface area contributed by atoms with E-state index < -0.39 is 29.6 Å². The van der Waals surface area contributed by atoms with Crippen molar-refractivity contribution in [3.8, 4) is 11.1 Å². The Labute approximate surface area is 205 Å². The van der Waals surface area contributed by atoms with Gasteiger partial charge in [0.05, 0.1) is 6.61 Å². The number of rotatable bonds is 9. The van der Waals surface area contributed by atoms with Crippen molar-refractivity contribution >= 4 is 18.0 Å². The van der Waals surface area contributed by atoms with Gasteiger partial charge in [-0.05, 0) is 41.5 Å². The zero-order valence-corrected chi connectivity index (χ0v) is 20.2. The maximum Gasteiger partial charge on any atom is 0.407 e. The molecule has 4 rings (SSSR count). The largest absolute Gasteiger partial charge is 0.479 e. The highest BCUT2D eigenvalue weighted by Crippen LogP contribution is 2.44. The molecular weight excluding hydrogens is 448 g/mol. The van der Waals surface area contributed by atoms with E-state index in [0.29, 0.717) is 32.2 Å². The second-order valence-electron chi connectivity index (χ2n) is 9.16. The summed E-state index contributed by atoms with van der Waals surface area (Å²) in [6.45, 7) is 2.26. The summed E-state index contributed by atoms with van der Waals surface area (Å²) >= 11 is 0. The fraction of sp³-hybridized carbons (Fsp3) is 0.444. The minimum Gasteiger partial charge on any atom is -0.479 e. The fourth-order valence-corrected chi connectivity index (χ4v) is 5.51. The Bertz CT molecular complexity index is 1060. The van der Waals surface area contributed by atoms with E-state index >= 15 is 0 Å². The lowest BCUT2D eigenvalue weighted by Crippen LogP contribution is -2.59. The van der Waals surface area contributed by atoms with Crippen molar-refractivity contribution in [3.63, 3.8) is 0 Å². The third-order valence-electron chi connectivity index (χ3n) is 7.08. The second kappa shape index (κ2) is 10.5. The lowest BCUT2D eigenvalue weighted by atomic mass is 9.90. The molecule has 1 aliphatic heterocycles. The quantitative estimate of drug-likeness (QED) is 0.566.